The summed E-state index contributed by atoms with van der Waals surface area (Å²) in [5, 5.41) is 13.9. The van der Waals surface area contributed by atoms with Crippen molar-refractivity contribution < 1.29 is 28.8 Å². The number of nitrogens with two attached hydrogens (primary N) is 1. The molecule has 4 N–H and O–H groups in total. The van der Waals surface area contributed by atoms with Crippen LogP contribution in [0.5, 0.6) is 17.2 Å². The van der Waals surface area contributed by atoms with Crippen molar-refractivity contribution in [2.45, 2.75) is 56.8 Å². The van der Waals surface area contributed by atoms with Crippen LogP contribution in [-0.2, 0) is 22.4 Å². The highest BCUT2D eigenvalue weighted by atomic mass is 16.5. The fourth-order valence-corrected chi connectivity index (χ4v) is 4.34. The van der Waals surface area contributed by atoms with Crippen LogP contribution in [0.4, 0.5) is 0 Å². The second kappa shape index (κ2) is 13.9. The van der Waals surface area contributed by atoms with Gasteiger partial charge in [-0.25, -0.2) is 0 Å². The predicted molar refractivity (Wildman–Crippen MR) is 134 cm³/mol. The molecule has 0 aromatic heterocycles. The van der Waals surface area contributed by atoms with Gasteiger partial charge in [-0.05, 0) is 54.7 Å². The fraction of sp³-hybridized carbons (Fsp3) is 0.519. The number of carbonyl (C=O) groups is 1. The van der Waals surface area contributed by atoms with Crippen LogP contribution in [0.3, 0.4) is 0 Å². The molecule has 3 atom stereocenters. The summed E-state index contributed by atoms with van der Waals surface area (Å²) < 4.78 is 22.6. The average molecular weight is 487 g/mol. The van der Waals surface area contributed by atoms with E-state index in [2.05, 4.69) is 5.32 Å². The lowest BCUT2D eigenvalue weighted by atomic mass is 9.92. The van der Waals surface area contributed by atoms with Gasteiger partial charge < -0.3 is 35.1 Å². The zero-order chi connectivity index (χ0) is 25.0. The summed E-state index contributed by atoms with van der Waals surface area (Å²) in [4.78, 5) is 11.0. The monoisotopic (exact) mass is 486 g/mol. The fourth-order valence-electron chi connectivity index (χ4n) is 4.34. The minimum absolute atomic E-state index is 0.120. The smallest absolute Gasteiger partial charge is 0.221 e. The van der Waals surface area contributed by atoms with E-state index < -0.39 is 6.10 Å². The van der Waals surface area contributed by atoms with Gasteiger partial charge in [0.15, 0.2) is 11.5 Å². The van der Waals surface area contributed by atoms with Crippen LogP contribution in [0.15, 0.2) is 42.5 Å². The molecule has 0 unspecified atom stereocenters. The zero-order valence-corrected chi connectivity index (χ0v) is 20.7. The van der Waals surface area contributed by atoms with E-state index in [0.717, 1.165) is 54.7 Å². The quantitative estimate of drug-likeness (QED) is 0.376. The molecule has 1 fully saturated rings. The number of hydrogen-bond donors (Lipinski definition) is 3. The first-order valence-corrected chi connectivity index (χ1v) is 12.2. The molecule has 3 rings (SSSR count). The Morgan fingerprint density at radius 2 is 1.77 bits per heavy atom. The van der Waals surface area contributed by atoms with Crippen molar-refractivity contribution in [3.63, 3.8) is 0 Å². The van der Waals surface area contributed by atoms with Gasteiger partial charge in [-0.3, -0.25) is 4.79 Å². The van der Waals surface area contributed by atoms with Crippen LogP contribution in [0.2, 0.25) is 0 Å². The van der Waals surface area contributed by atoms with E-state index in [9.17, 15) is 9.90 Å². The highest BCUT2D eigenvalue weighted by molar-refractivity contribution is 5.76. The molecular formula is C27H38N2O6. The van der Waals surface area contributed by atoms with Crippen molar-refractivity contribution in [3.8, 4) is 17.2 Å². The molecule has 1 aliphatic carbocycles. The zero-order valence-electron chi connectivity index (χ0n) is 20.7. The van der Waals surface area contributed by atoms with Gasteiger partial charge in [0.1, 0.15) is 18.5 Å². The van der Waals surface area contributed by atoms with Crippen molar-refractivity contribution in [2.24, 2.45) is 5.73 Å². The van der Waals surface area contributed by atoms with E-state index in [1.165, 1.54) is 0 Å². The van der Waals surface area contributed by atoms with Crippen molar-refractivity contribution in [1.82, 2.24) is 5.32 Å². The van der Waals surface area contributed by atoms with E-state index in [1.807, 2.05) is 18.2 Å². The molecule has 0 spiro atoms. The normalized spacial score (nSPS) is 18.6. The number of aliphatic hydroxyl groups excluding tert-OH is 1. The Kier molecular flexibility index (Phi) is 10.7. The number of benzene rings is 2. The summed E-state index contributed by atoms with van der Waals surface area (Å²) in [6.45, 7) is 1.23. The predicted octanol–water partition coefficient (Wildman–Crippen LogP) is 2.63. The molecule has 1 saturated carbocycles. The first kappa shape index (κ1) is 26.8. The summed E-state index contributed by atoms with van der Waals surface area (Å²) in [7, 11) is 3.27. The van der Waals surface area contributed by atoms with Gasteiger partial charge in [0.05, 0.1) is 33.4 Å². The Labute approximate surface area is 207 Å². The van der Waals surface area contributed by atoms with E-state index >= 15 is 0 Å². The minimum atomic E-state index is -0.644. The molecule has 192 valence electrons. The molecule has 0 aliphatic heterocycles. The molecule has 1 amide bonds. The summed E-state index contributed by atoms with van der Waals surface area (Å²) in [6.07, 6.45) is 4.80. The van der Waals surface area contributed by atoms with E-state index in [0.29, 0.717) is 18.9 Å². The number of nitrogens with one attached hydrogen (secondary N) is 1. The molecule has 35 heavy (non-hydrogen) atoms. The van der Waals surface area contributed by atoms with Crippen LogP contribution in [0.1, 0.15) is 36.8 Å². The van der Waals surface area contributed by atoms with E-state index in [1.54, 1.807) is 38.5 Å². The second-order valence-electron chi connectivity index (χ2n) is 8.90. The minimum Gasteiger partial charge on any atom is -0.493 e. The molecule has 1 aliphatic rings. The van der Waals surface area contributed by atoms with Crippen LogP contribution in [-0.4, -0.2) is 63.2 Å². The molecule has 0 saturated heterocycles. The van der Waals surface area contributed by atoms with Crippen molar-refractivity contribution >= 4 is 5.91 Å². The molecular weight excluding hydrogens is 448 g/mol. The van der Waals surface area contributed by atoms with Gasteiger partial charge in [-0.15, -0.1) is 0 Å². The Hall–Kier alpha value is -2.81. The largest absolute Gasteiger partial charge is 0.493 e. The number of aliphatic hydroxyl groups is 1. The number of amides is 1. The third-order valence-electron chi connectivity index (χ3n) is 6.23. The van der Waals surface area contributed by atoms with Crippen LogP contribution in [0.25, 0.3) is 0 Å². The lowest BCUT2D eigenvalue weighted by Crippen LogP contribution is -2.47. The van der Waals surface area contributed by atoms with E-state index in [-0.39, 0.29) is 31.1 Å². The Morgan fingerprint density at radius 1 is 1.06 bits per heavy atom. The van der Waals surface area contributed by atoms with Gasteiger partial charge in [0, 0.05) is 12.6 Å². The molecule has 8 nitrogen and oxygen atoms in total. The number of ether oxygens (including phenoxy) is 4. The number of hydrogen-bond acceptors (Lipinski definition) is 7. The summed E-state index contributed by atoms with van der Waals surface area (Å²) in [5.41, 5.74) is 7.18. The summed E-state index contributed by atoms with van der Waals surface area (Å²) in [5.74, 6) is 1.72. The highest BCUT2D eigenvalue weighted by Crippen LogP contribution is 2.28. The topological polar surface area (TPSA) is 112 Å². The van der Waals surface area contributed by atoms with Gasteiger partial charge >= 0.3 is 0 Å². The Balaban J connectivity index is 1.40. The number of carbonyl (C=O) groups excluding carboxylic acids is 1. The second-order valence-corrected chi connectivity index (χ2v) is 8.90. The first-order valence-electron chi connectivity index (χ1n) is 12.2. The van der Waals surface area contributed by atoms with Crippen molar-refractivity contribution in [3.05, 3.63) is 53.6 Å². The van der Waals surface area contributed by atoms with Gasteiger partial charge in [0.25, 0.3) is 0 Å². The molecule has 0 heterocycles. The van der Waals surface area contributed by atoms with Crippen molar-refractivity contribution in [1.29, 1.82) is 0 Å². The molecule has 0 radical (unpaired) electrons. The maximum atomic E-state index is 11.0. The Bertz CT molecular complexity index is 920. The van der Waals surface area contributed by atoms with Gasteiger partial charge in [-0.2, -0.15) is 0 Å². The Morgan fingerprint density at radius 3 is 2.49 bits per heavy atom. The first-order chi connectivity index (χ1) is 17.0. The molecule has 2 aromatic carbocycles. The molecule has 8 heteroatoms. The molecule has 0 bridgehead atoms. The van der Waals surface area contributed by atoms with Crippen LogP contribution in [0, 0.1) is 0 Å². The lowest BCUT2D eigenvalue weighted by molar-refractivity contribution is -0.117. The number of primary amides is 1. The third-order valence-corrected chi connectivity index (χ3v) is 6.23. The summed E-state index contributed by atoms with van der Waals surface area (Å²) >= 11 is 0. The third kappa shape index (κ3) is 8.72. The van der Waals surface area contributed by atoms with Crippen molar-refractivity contribution in [2.75, 3.05) is 34.0 Å². The maximum Gasteiger partial charge on any atom is 0.221 e. The number of methoxy groups -OCH3 is 2. The summed E-state index contributed by atoms with van der Waals surface area (Å²) in [6, 6.07) is 13.3. The van der Waals surface area contributed by atoms with E-state index in [4.69, 9.17) is 24.7 Å². The SMILES string of the molecule is COc1ccc(CCO[C@H]2CCCC[C@@H]2NC[C@@H](O)COc2ccc(CC(N)=O)cc2)cc1OC. The van der Waals surface area contributed by atoms with Gasteiger partial charge in [0.2, 0.25) is 5.91 Å². The standard InChI is InChI=1S/C27H38N2O6/c1-32-25-12-9-20(15-26(25)33-2)13-14-34-24-6-4-3-5-23(24)29-17-21(30)18-35-22-10-7-19(8-11-22)16-27(28)31/h7-12,15,21,23-24,29-30H,3-6,13-14,16-18H2,1-2H3,(H2,28,31)/t21-,23+,24+/m1/s1. The van der Waals surface area contributed by atoms with Gasteiger partial charge in [-0.1, -0.05) is 31.0 Å². The number of rotatable bonds is 14. The average Bonchev–Trinajstić information content (AvgIpc) is 2.87. The molecule has 2 aromatic rings. The maximum absolute atomic E-state index is 11.0. The lowest BCUT2D eigenvalue weighted by Gasteiger charge is -2.33. The van der Waals surface area contributed by atoms with Crippen LogP contribution >= 0.6 is 0 Å². The van der Waals surface area contributed by atoms with Crippen LogP contribution < -0.4 is 25.3 Å². The highest BCUT2D eigenvalue weighted by Gasteiger charge is 2.26.